The van der Waals surface area contributed by atoms with Crippen molar-refractivity contribution in [3.8, 4) is 0 Å². The largest absolute Gasteiger partial charge is 0.479 e. The number of aliphatic hydroxyl groups excluding tert-OH is 1. The van der Waals surface area contributed by atoms with Crippen LogP contribution in [0.3, 0.4) is 0 Å². The summed E-state index contributed by atoms with van der Waals surface area (Å²) in [5, 5.41) is 17.8. The van der Waals surface area contributed by atoms with Crippen LogP contribution in [0.25, 0.3) is 0 Å². The summed E-state index contributed by atoms with van der Waals surface area (Å²) in [6, 6.07) is 5.60. The predicted octanol–water partition coefficient (Wildman–Crippen LogP) is 1.83. The molecular weight excluding hydrogens is 220 g/mol. The summed E-state index contributed by atoms with van der Waals surface area (Å²) in [4.78, 5) is 11.1. The molecule has 0 aliphatic carbocycles. The lowest BCUT2D eigenvalue weighted by Crippen LogP contribution is -2.16. The van der Waals surface area contributed by atoms with Crippen molar-refractivity contribution in [2.24, 2.45) is 0 Å². The molecule has 4 nitrogen and oxygen atoms in total. The van der Waals surface area contributed by atoms with Gasteiger partial charge in [0.1, 0.15) is 0 Å². The first-order valence-corrected chi connectivity index (χ1v) is 5.58. The molecule has 0 aliphatic rings. The van der Waals surface area contributed by atoms with Crippen LogP contribution in [0.2, 0.25) is 0 Å². The van der Waals surface area contributed by atoms with E-state index in [4.69, 9.17) is 14.9 Å². The fourth-order valence-corrected chi connectivity index (χ4v) is 1.74. The van der Waals surface area contributed by atoms with Crippen LogP contribution in [0.4, 0.5) is 0 Å². The van der Waals surface area contributed by atoms with E-state index in [0.717, 1.165) is 11.1 Å². The van der Waals surface area contributed by atoms with Crippen molar-refractivity contribution >= 4 is 5.97 Å². The number of ether oxygens (including phenoxy) is 1. The molecule has 0 aromatic heterocycles. The molecule has 4 heteroatoms. The summed E-state index contributed by atoms with van der Waals surface area (Å²) < 4.78 is 5.28. The molecule has 1 aromatic carbocycles. The number of hydrogen-bond donors (Lipinski definition) is 2. The highest BCUT2D eigenvalue weighted by Gasteiger charge is 2.20. The molecule has 1 atom stereocenters. The number of carbonyl (C=O) groups is 1. The van der Waals surface area contributed by atoms with Gasteiger partial charge in [-0.1, -0.05) is 29.3 Å². The average molecular weight is 238 g/mol. The number of carboxylic acids is 1. The topological polar surface area (TPSA) is 66.8 Å². The Morgan fingerprint density at radius 3 is 2.35 bits per heavy atom. The van der Waals surface area contributed by atoms with E-state index < -0.39 is 12.1 Å². The summed E-state index contributed by atoms with van der Waals surface area (Å²) >= 11 is 0. The maximum atomic E-state index is 11.1. The Morgan fingerprint density at radius 2 is 1.88 bits per heavy atom. The Bertz CT molecular complexity index is 367. The first-order chi connectivity index (χ1) is 8.04. The third-order valence-corrected chi connectivity index (χ3v) is 2.36. The number of hydrogen-bond acceptors (Lipinski definition) is 3. The van der Waals surface area contributed by atoms with Crippen LogP contribution in [0.5, 0.6) is 0 Å². The van der Waals surface area contributed by atoms with Gasteiger partial charge >= 0.3 is 5.97 Å². The quantitative estimate of drug-likeness (QED) is 0.742. The van der Waals surface area contributed by atoms with Crippen molar-refractivity contribution < 1.29 is 19.7 Å². The zero-order valence-electron chi connectivity index (χ0n) is 10.1. The van der Waals surface area contributed by atoms with Crippen LogP contribution in [0.15, 0.2) is 18.2 Å². The number of aryl methyl sites for hydroxylation is 2. The molecule has 94 valence electrons. The molecule has 0 aliphatic heterocycles. The molecule has 2 N–H and O–H groups in total. The normalized spacial score (nSPS) is 12.4. The molecule has 0 saturated heterocycles. The summed E-state index contributed by atoms with van der Waals surface area (Å²) in [6.45, 7) is 4.08. The Kier molecular flexibility index (Phi) is 5.12. The van der Waals surface area contributed by atoms with Gasteiger partial charge in [0.25, 0.3) is 0 Å². The lowest BCUT2D eigenvalue weighted by atomic mass is 10.0. The van der Waals surface area contributed by atoms with E-state index in [1.165, 1.54) is 0 Å². The summed E-state index contributed by atoms with van der Waals surface area (Å²) in [5.41, 5.74) is 2.67. The van der Waals surface area contributed by atoms with Gasteiger partial charge in [-0.2, -0.15) is 0 Å². The van der Waals surface area contributed by atoms with Crippen LogP contribution >= 0.6 is 0 Å². The van der Waals surface area contributed by atoms with E-state index in [2.05, 4.69) is 0 Å². The van der Waals surface area contributed by atoms with Gasteiger partial charge in [-0.3, -0.25) is 0 Å². The van der Waals surface area contributed by atoms with E-state index in [9.17, 15) is 4.79 Å². The minimum atomic E-state index is -1.01. The SMILES string of the molecule is Cc1cc(C)cc(C(OCCCO)C(=O)O)c1. The number of rotatable bonds is 6. The molecule has 0 radical (unpaired) electrons. The van der Waals surface area contributed by atoms with Crippen molar-refractivity contribution in [3.63, 3.8) is 0 Å². The van der Waals surface area contributed by atoms with Gasteiger partial charge in [0.2, 0.25) is 0 Å². The standard InChI is InChI=1S/C13H18O4/c1-9-6-10(2)8-11(7-9)12(13(15)16)17-5-3-4-14/h6-8,12,14H,3-5H2,1-2H3,(H,15,16). The molecule has 0 saturated carbocycles. The van der Waals surface area contributed by atoms with E-state index >= 15 is 0 Å². The molecule has 17 heavy (non-hydrogen) atoms. The summed E-state index contributed by atoms with van der Waals surface area (Å²) in [5.74, 6) is -1.01. The highest BCUT2D eigenvalue weighted by Crippen LogP contribution is 2.21. The van der Waals surface area contributed by atoms with Gasteiger partial charge in [0, 0.05) is 6.61 Å². The molecule has 1 rings (SSSR count). The zero-order chi connectivity index (χ0) is 12.8. The Labute approximate surface area is 101 Å². The van der Waals surface area contributed by atoms with Gasteiger partial charge in [0.05, 0.1) is 6.61 Å². The Balaban J connectivity index is 2.85. The van der Waals surface area contributed by atoms with E-state index in [0.29, 0.717) is 12.0 Å². The van der Waals surface area contributed by atoms with Gasteiger partial charge in [-0.25, -0.2) is 4.79 Å². The second-order valence-electron chi connectivity index (χ2n) is 4.09. The maximum Gasteiger partial charge on any atom is 0.337 e. The van der Waals surface area contributed by atoms with Crippen LogP contribution < -0.4 is 0 Å². The molecule has 1 aromatic rings. The lowest BCUT2D eigenvalue weighted by Gasteiger charge is -2.15. The van der Waals surface area contributed by atoms with Crippen molar-refractivity contribution in [2.45, 2.75) is 26.4 Å². The third-order valence-electron chi connectivity index (χ3n) is 2.36. The number of aliphatic hydroxyl groups is 1. The Morgan fingerprint density at radius 1 is 1.29 bits per heavy atom. The van der Waals surface area contributed by atoms with Crippen molar-refractivity contribution in [1.82, 2.24) is 0 Å². The molecule has 0 bridgehead atoms. The van der Waals surface area contributed by atoms with Crippen LogP contribution in [-0.4, -0.2) is 29.4 Å². The van der Waals surface area contributed by atoms with Crippen molar-refractivity contribution in [3.05, 3.63) is 34.9 Å². The second-order valence-corrected chi connectivity index (χ2v) is 4.09. The van der Waals surface area contributed by atoms with E-state index in [1.54, 1.807) is 0 Å². The number of benzene rings is 1. The molecule has 1 unspecified atom stereocenters. The minimum absolute atomic E-state index is 0.000809. The van der Waals surface area contributed by atoms with Crippen molar-refractivity contribution in [1.29, 1.82) is 0 Å². The first-order valence-electron chi connectivity index (χ1n) is 5.58. The first kappa shape index (κ1) is 13.7. The van der Waals surface area contributed by atoms with E-state index in [1.807, 2.05) is 32.0 Å². The summed E-state index contributed by atoms with van der Waals surface area (Å²) in [7, 11) is 0. The van der Waals surface area contributed by atoms with E-state index in [-0.39, 0.29) is 13.2 Å². The Hall–Kier alpha value is -1.39. The van der Waals surface area contributed by atoms with Gasteiger partial charge < -0.3 is 14.9 Å². The molecule has 0 fully saturated rings. The van der Waals surface area contributed by atoms with Gasteiger partial charge in [0.15, 0.2) is 6.10 Å². The highest BCUT2D eigenvalue weighted by molar-refractivity contribution is 5.74. The third kappa shape index (κ3) is 4.17. The number of carboxylic acid groups (broad SMARTS) is 1. The summed E-state index contributed by atoms with van der Waals surface area (Å²) in [6.07, 6.45) is -0.519. The van der Waals surface area contributed by atoms with Gasteiger partial charge in [-0.15, -0.1) is 0 Å². The van der Waals surface area contributed by atoms with Gasteiger partial charge in [-0.05, 0) is 25.8 Å². The molecular formula is C13H18O4. The average Bonchev–Trinajstić information content (AvgIpc) is 2.22. The molecule has 0 amide bonds. The predicted molar refractivity (Wildman–Crippen MR) is 63.9 cm³/mol. The van der Waals surface area contributed by atoms with Crippen LogP contribution in [-0.2, 0) is 9.53 Å². The second kappa shape index (κ2) is 6.37. The zero-order valence-corrected chi connectivity index (χ0v) is 10.1. The van der Waals surface area contributed by atoms with Crippen LogP contribution in [0.1, 0.15) is 29.2 Å². The van der Waals surface area contributed by atoms with Crippen molar-refractivity contribution in [2.75, 3.05) is 13.2 Å². The molecule has 0 heterocycles. The number of aliphatic carboxylic acids is 1. The fraction of sp³-hybridized carbons (Fsp3) is 0.462. The monoisotopic (exact) mass is 238 g/mol. The van der Waals surface area contributed by atoms with Crippen LogP contribution in [0, 0.1) is 13.8 Å². The lowest BCUT2D eigenvalue weighted by molar-refractivity contribution is -0.151. The fourth-order valence-electron chi connectivity index (χ4n) is 1.74. The maximum absolute atomic E-state index is 11.1. The molecule has 0 spiro atoms. The highest BCUT2D eigenvalue weighted by atomic mass is 16.5. The smallest absolute Gasteiger partial charge is 0.337 e. The minimum Gasteiger partial charge on any atom is -0.479 e.